The molecule has 1 aliphatic heterocycles. The van der Waals surface area contributed by atoms with Gasteiger partial charge in [-0.2, -0.15) is 5.10 Å². The molecule has 7 nitrogen and oxygen atoms in total. The number of ether oxygens (including phenoxy) is 2. The van der Waals surface area contributed by atoms with Crippen LogP contribution < -0.4 is 10.1 Å². The van der Waals surface area contributed by atoms with E-state index in [1.165, 1.54) is 0 Å². The summed E-state index contributed by atoms with van der Waals surface area (Å²) < 4.78 is 20.9. The fourth-order valence-electron chi connectivity index (χ4n) is 5.07. The summed E-state index contributed by atoms with van der Waals surface area (Å²) in [5.41, 5.74) is 4.04. The molecule has 0 amide bonds. The minimum absolute atomic E-state index is 0.0321. The van der Waals surface area contributed by atoms with Gasteiger partial charge in [-0.1, -0.05) is 53.7 Å². The van der Waals surface area contributed by atoms with Crippen LogP contribution in [-0.2, 0) is 9.16 Å². The molecular weight excluding hydrogens is 528 g/mol. The van der Waals surface area contributed by atoms with E-state index in [0.29, 0.717) is 12.6 Å². The van der Waals surface area contributed by atoms with Gasteiger partial charge in [0.15, 0.2) is 14.0 Å². The van der Waals surface area contributed by atoms with E-state index in [4.69, 9.17) is 18.9 Å². The van der Waals surface area contributed by atoms with Crippen LogP contribution >= 0.6 is 0 Å². The van der Waals surface area contributed by atoms with E-state index in [-0.39, 0.29) is 22.6 Å². The molecule has 1 aromatic carbocycles. The average molecular weight is 581 g/mol. The highest BCUT2D eigenvalue weighted by atomic mass is 28.4. The lowest BCUT2D eigenvalue weighted by atomic mass is 9.89. The molecule has 0 radical (unpaired) electrons. The summed E-state index contributed by atoms with van der Waals surface area (Å²) in [6.45, 7) is 24.7. The Labute approximate surface area is 248 Å². The van der Waals surface area contributed by atoms with E-state index in [1.807, 2.05) is 16.9 Å². The topological polar surface area (TPSA) is 70.4 Å². The third kappa shape index (κ3) is 8.11. The maximum atomic E-state index is 6.85. The molecular formula is C33H52N4O3Si. The molecule has 0 spiro atoms. The van der Waals surface area contributed by atoms with Gasteiger partial charge >= 0.3 is 0 Å². The first kappa shape index (κ1) is 31.5. The number of hydrogen-bond acceptors (Lipinski definition) is 6. The maximum absolute atomic E-state index is 6.85. The number of hydrogen-bond donors (Lipinski definition) is 1. The van der Waals surface area contributed by atoms with Gasteiger partial charge in [0.05, 0.1) is 23.4 Å². The second kappa shape index (κ2) is 12.4. The molecule has 1 aliphatic rings. The lowest BCUT2D eigenvalue weighted by Crippen LogP contribution is -2.46. The van der Waals surface area contributed by atoms with Crippen LogP contribution in [0.2, 0.25) is 18.1 Å². The highest BCUT2D eigenvalue weighted by Crippen LogP contribution is 2.39. The number of aromatic nitrogens is 3. The van der Waals surface area contributed by atoms with Gasteiger partial charge in [0.2, 0.25) is 0 Å². The number of nitrogens with zero attached hydrogens (tertiary/aromatic N) is 3. The Balaban J connectivity index is 1.61. The Bertz CT molecular complexity index is 1300. The van der Waals surface area contributed by atoms with Crippen molar-refractivity contribution >= 4 is 25.0 Å². The molecule has 3 heterocycles. The third-order valence-corrected chi connectivity index (χ3v) is 12.8. The quantitative estimate of drug-likeness (QED) is 0.243. The van der Waals surface area contributed by atoms with E-state index < -0.39 is 8.32 Å². The van der Waals surface area contributed by atoms with Crippen molar-refractivity contribution in [2.24, 2.45) is 5.41 Å². The highest BCUT2D eigenvalue weighted by Gasteiger charge is 2.40. The predicted octanol–water partition coefficient (Wildman–Crippen LogP) is 8.48. The fraction of sp³-hybridized carbons (Fsp3) is 0.636. The van der Waals surface area contributed by atoms with Crippen molar-refractivity contribution in [2.75, 3.05) is 25.1 Å². The van der Waals surface area contributed by atoms with Crippen LogP contribution in [0.1, 0.15) is 80.7 Å². The summed E-state index contributed by atoms with van der Waals surface area (Å²) in [4.78, 5) is 5.10. The number of nitrogens with one attached hydrogen (secondary N) is 1. The normalized spacial score (nSPS) is 16.4. The van der Waals surface area contributed by atoms with Gasteiger partial charge in [-0.05, 0) is 74.9 Å². The molecule has 1 unspecified atom stereocenters. The van der Waals surface area contributed by atoms with Crippen LogP contribution in [0.5, 0.6) is 5.75 Å². The number of anilines is 1. The zero-order chi connectivity index (χ0) is 30.0. The number of benzene rings is 1. The molecule has 4 rings (SSSR count). The molecule has 0 aliphatic carbocycles. The molecule has 1 N–H and O–H groups in total. The van der Waals surface area contributed by atoms with Gasteiger partial charge in [-0.15, -0.1) is 0 Å². The van der Waals surface area contributed by atoms with Gasteiger partial charge in [-0.25, -0.2) is 9.67 Å². The van der Waals surface area contributed by atoms with Crippen LogP contribution in [0.25, 0.3) is 22.3 Å². The van der Waals surface area contributed by atoms with E-state index in [0.717, 1.165) is 66.2 Å². The predicted molar refractivity (Wildman–Crippen MR) is 172 cm³/mol. The van der Waals surface area contributed by atoms with Crippen molar-refractivity contribution in [3.8, 4) is 17.0 Å². The lowest BCUT2D eigenvalue weighted by molar-refractivity contribution is 0.0789. The molecule has 1 saturated heterocycles. The number of rotatable bonds is 10. The summed E-state index contributed by atoms with van der Waals surface area (Å²) in [6.07, 6.45) is 4.90. The molecule has 226 valence electrons. The van der Waals surface area contributed by atoms with Crippen molar-refractivity contribution in [1.82, 2.24) is 14.8 Å². The van der Waals surface area contributed by atoms with Crippen LogP contribution in [0, 0.1) is 5.41 Å². The summed E-state index contributed by atoms with van der Waals surface area (Å²) in [5, 5.41) is 9.65. The Morgan fingerprint density at radius 3 is 2.41 bits per heavy atom. The van der Waals surface area contributed by atoms with Crippen LogP contribution in [-0.4, -0.2) is 55.0 Å². The van der Waals surface area contributed by atoms with Gasteiger partial charge in [0.1, 0.15) is 12.4 Å². The molecule has 1 atom stereocenters. The summed E-state index contributed by atoms with van der Waals surface area (Å²) in [7, 11) is -1.94. The smallest absolute Gasteiger partial charge is 0.192 e. The lowest BCUT2D eigenvalue weighted by Gasteiger charge is -2.40. The highest BCUT2D eigenvalue weighted by molar-refractivity contribution is 6.74. The number of fused-ring (bicyclic) bond motifs is 1. The monoisotopic (exact) mass is 580 g/mol. The summed E-state index contributed by atoms with van der Waals surface area (Å²) >= 11 is 0. The van der Waals surface area contributed by atoms with Gasteiger partial charge < -0.3 is 19.2 Å². The van der Waals surface area contributed by atoms with Gasteiger partial charge in [-0.3, -0.25) is 0 Å². The van der Waals surface area contributed by atoms with Crippen molar-refractivity contribution in [3.05, 3.63) is 36.5 Å². The third-order valence-electron chi connectivity index (χ3n) is 8.31. The summed E-state index contributed by atoms with van der Waals surface area (Å²) in [5.74, 6) is 0.832. The summed E-state index contributed by atoms with van der Waals surface area (Å²) in [6, 6.07) is 11.0. The Morgan fingerprint density at radius 1 is 1.07 bits per heavy atom. The number of pyridine rings is 1. The molecule has 0 bridgehead atoms. The second-order valence-corrected chi connectivity index (χ2v) is 19.4. The van der Waals surface area contributed by atoms with Crippen molar-refractivity contribution in [1.29, 1.82) is 0 Å². The van der Waals surface area contributed by atoms with E-state index in [2.05, 4.69) is 103 Å². The fourth-order valence-corrected chi connectivity index (χ4v) is 6.41. The molecule has 8 heteroatoms. The molecule has 1 fully saturated rings. The Kier molecular flexibility index (Phi) is 9.56. The molecule has 0 saturated carbocycles. The van der Waals surface area contributed by atoms with E-state index >= 15 is 0 Å². The first-order valence-corrected chi connectivity index (χ1v) is 18.2. The van der Waals surface area contributed by atoms with E-state index in [1.54, 1.807) is 0 Å². The standard InChI is InChI=1S/C33H52N4O3Si/c1-23(2)37-31-28(21-34-37)30(35-25-14-16-38-17-15-25)19-29(36-31)24-12-11-13-26(18-24)39-22-27(20-32(3,4)5)40-41(9,10)33(6,7)8/h11-13,18-19,21,23,25,27H,14-17,20,22H2,1-10H3,(H,35,36). The second-order valence-electron chi connectivity index (χ2n) is 14.6. The molecule has 2 aromatic heterocycles. The zero-order valence-corrected chi connectivity index (χ0v) is 28.0. The minimum Gasteiger partial charge on any atom is -0.491 e. The van der Waals surface area contributed by atoms with E-state index in [9.17, 15) is 0 Å². The van der Waals surface area contributed by atoms with Gasteiger partial charge in [0.25, 0.3) is 0 Å². The Morgan fingerprint density at radius 2 is 1.78 bits per heavy atom. The molecule has 3 aromatic rings. The average Bonchev–Trinajstić information content (AvgIpc) is 3.31. The zero-order valence-electron chi connectivity index (χ0n) is 27.0. The van der Waals surface area contributed by atoms with Crippen LogP contribution in [0.3, 0.4) is 0 Å². The minimum atomic E-state index is -1.94. The van der Waals surface area contributed by atoms with Crippen molar-refractivity contribution in [2.45, 2.75) is 111 Å². The molecule has 41 heavy (non-hydrogen) atoms. The van der Waals surface area contributed by atoms with Gasteiger partial charge in [0, 0.05) is 36.5 Å². The van der Waals surface area contributed by atoms with Crippen LogP contribution in [0.15, 0.2) is 36.5 Å². The largest absolute Gasteiger partial charge is 0.491 e. The first-order chi connectivity index (χ1) is 19.1. The first-order valence-electron chi connectivity index (χ1n) is 15.3. The Hall–Kier alpha value is -2.42. The maximum Gasteiger partial charge on any atom is 0.192 e. The SMILES string of the molecule is CC(C)n1ncc2c(NC3CCOCC3)cc(-c3cccc(OCC(CC(C)(C)C)O[Si](C)(C)C(C)(C)C)c3)nc21. The van der Waals surface area contributed by atoms with Crippen LogP contribution in [0.4, 0.5) is 5.69 Å². The van der Waals surface area contributed by atoms with Crippen molar-refractivity contribution < 1.29 is 13.9 Å². The van der Waals surface area contributed by atoms with Crippen molar-refractivity contribution in [3.63, 3.8) is 0 Å².